The van der Waals surface area contributed by atoms with E-state index in [0.717, 1.165) is 12.8 Å². The molecule has 0 aliphatic heterocycles. The summed E-state index contributed by atoms with van der Waals surface area (Å²) in [6.07, 6.45) is 2.43. The van der Waals surface area contributed by atoms with Gasteiger partial charge in [0, 0.05) is 0 Å². The van der Waals surface area contributed by atoms with Gasteiger partial charge < -0.3 is 9.99 Å². The molecule has 0 aromatic heterocycles. The molecule has 0 spiro atoms. The van der Waals surface area contributed by atoms with Gasteiger partial charge in [0.05, 0.1) is 0 Å². The second-order valence-corrected chi connectivity index (χ2v) is 3.86. The molecule has 0 N–H and O–H groups in total. The van der Waals surface area contributed by atoms with Gasteiger partial charge in [-0.05, 0) is 25.7 Å². The highest BCUT2D eigenvalue weighted by atomic mass is 32.2. The molecule has 1 fully saturated rings. The van der Waals surface area contributed by atoms with Crippen LogP contribution in [0.15, 0.2) is 0 Å². The predicted octanol–water partition coefficient (Wildman–Crippen LogP) is 0.937. The van der Waals surface area contributed by atoms with Crippen molar-refractivity contribution in [3.63, 3.8) is 0 Å². The lowest BCUT2D eigenvalue weighted by molar-refractivity contribution is -0.777. The van der Waals surface area contributed by atoms with Crippen LogP contribution < -0.4 is 5.26 Å². The van der Waals surface area contributed by atoms with Crippen molar-refractivity contribution in [3.05, 3.63) is 0 Å². The van der Waals surface area contributed by atoms with Crippen LogP contribution in [0.4, 0.5) is 8.78 Å². The molecule has 1 rings (SSSR count). The molecule has 0 heterocycles. The fourth-order valence-electron chi connectivity index (χ4n) is 1.32. The fraction of sp³-hybridized carbons (Fsp3) is 0.857. The Balaban J connectivity index is 2.36. The summed E-state index contributed by atoms with van der Waals surface area (Å²) in [5, 5.41) is 8.11. The van der Waals surface area contributed by atoms with Gasteiger partial charge in [-0.1, -0.05) is 0 Å². The Morgan fingerprint density at radius 1 is 1.40 bits per heavy atom. The number of alkyl halides is 2. The highest BCUT2D eigenvalue weighted by molar-refractivity contribution is 7.96. The second-order valence-electron chi connectivity index (χ2n) is 3.05. The number of carbonyl (C=O) groups is 1. The van der Waals surface area contributed by atoms with Crippen molar-refractivity contribution in [2.24, 2.45) is 0 Å². The predicted molar refractivity (Wildman–Crippen MR) is 43.1 cm³/mol. The van der Waals surface area contributed by atoms with Crippen LogP contribution >= 0.6 is 12.0 Å². The number of ether oxygens (including phenoxy) is 1. The first-order chi connectivity index (χ1) is 7.06. The maximum atomic E-state index is 12.8. The van der Waals surface area contributed by atoms with E-state index in [-0.39, 0.29) is 0 Å². The van der Waals surface area contributed by atoms with Crippen LogP contribution in [-0.4, -0.2) is 17.3 Å². The SMILES string of the molecule is O=C(OC1CCCC1)C(F)(F)SOO[O-]. The van der Waals surface area contributed by atoms with Crippen molar-refractivity contribution in [3.8, 4) is 0 Å². The maximum Gasteiger partial charge on any atom is 0.415 e. The number of esters is 1. The van der Waals surface area contributed by atoms with E-state index in [2.05, 4.69) is 14.1 Å². The highest BCUT2D eigenvalue weighted by Crippen LogP contribution is 2.33. The lowest BCUT2D eigenvalue weighted by Gasteiger charge is -2.17. The minimum Gasteiger partial charge on any atom is -0.691 e. The summed E-state index contributed by atoms with van der Waals surface area (Å²) in [6.45, 7) is 0. The zero-order valence-corrected chi connectivity index (χ0v) is 8.43. The average molecular weight is 243 g/mol. The highest BCUT2D eigenvalue weighted by Gasteiger charge is 2.45. The van der Waals surface area contributed by atoms with E-state index >= 15 is 0 Å². The summed E-state index contributed by atoms with van der Waals surface area (Å²) >= 11 is -0.672. The average Bonchev–Trinajstić information content (AvgIpc) is 2.67. The molecule has 8 heteroatoms. The molecule has 1 saturated carbocycles. The van der Waals surface area contributed by atoms with Crippen molar-refractivity contribution >= 4 is 18.0 Å². The molecule has 15 heavy (non-hydrogen) atoms. The van der Waals surface area contributed by atoms with Gasteiger partial charge in [-0.2, -0.15) is 13.1 Å². The van der Waals surface area contributed by atoms with Crippen LogP contribution in [0.1, 0.15) is 25.7 Å². The Morgan fingerprint density at radius 3 is 2.53 bits per heavy atom. The van der Waals surface area contributed by atoms with Gasteiger partial charge >= 0.3 is 11.2 Å². The van der Waals surface area contributed by atoms with Gasteiger partial charge in [0.2, 0.25) is 0 Å². The summed E-state index contributed by atoms with van der Waals surface area (Å²) in [5.74, 6) is -1.71. The normalized spacial score (nSPS) is 18.1. The molecule has 0 aromatic rings. The Labute approximate surface area is 88.7 Å². The first-order valence-electron chi connectivity index (χ1n) is 4.29. The van der Waals surface area contributed by atoms with E-state index in [9.17, 15) is 18.8 Å². The summed E-state index contributed by atoms with van der Waals surface area (Å²) in [4.78, 5) is 10.9. The number of hydrogen-bond acceptors (Lipinski definition) is 6. The second kappa shape index (κ2) is 5.59. The molecule has 1 aliphatic rings. The molecular formula is C7H9F2O5S-. The van der Waals surface area contributed by atoms with Gasteiger partial charge in [-0.25, -0.2) is 4.79 Å². The Morgan fingerprint density at radius 2 is 2.00 bits per heavy atom. The van der Waals surface area contributed by atoms with Crippen LogP contribution in [0.25, 0.3) is 0 Å². The lowest BCUT2D eigenvalue weighted by Crippen LogP contribution is -2.31. The molecule has 0 bridgehead atoms. The van der Waals surface area contributed by atoms with Crippen LogP contribution in [-0.2, 0) is 18.9 Å². The van der Waals surface area contributed by atoms with Gasteiger partial charge in [-0.15, -0.1) is 0 Å². The van der Waals surface area contributed by atoms with E-state index in [1.54, 1.807) is 0 Å². The number of hydrogen-bond donors (Lipinski definition) is 0. The molecule has 0 atom stereocenters. The van der Waals surface area contributed by atoms with E-state index in [4.69, 9.17) is 0 Å². The van der Waals surface area contributed by atoms with Gasteiger partial charge in [-0.3, -0.25) is 5.04 Å². The lowest BCUT2D eigenvalue weighted by atomic mass is 10.3. The monoisotopic (exact) mass is 243 g/mol. The summed E-state index contributed by atoms with van der Waals surface area (Å²) < 4.78 is 33.5. The van der Waals surface area contributed by atoms with Crippen LogP contribution in [0.5, 0.6) is 0 Å². The first-order valence-corrected chi connectivity index (χ1v) is 5.03. The molecule has 0 saturated heterocycles. The molecule has 5 nitrogen and oxygen atoms in total. The zero-order valence-electron chi connectivity index (χ0n) is 7.61. The van der Waals surface area contributed by atoms with E-state index in [1.165, 1.54) is 0 Å². The van der Waals surface area contributed by atoms with Crippen molar-refractivity contribution in [1.82, 2.24) is 0 Å². The Kier molecular flexibility index (Phi) is 4.71. The first kappa shape index (κ1) is 12.6. The molecule has 0 aromatic carbocycles. The molecule has 0 amide bonds. The summed E-state index contributed by atoms with van der Waals surface area (Å²) in [7, 11) is 0. The minimum atomic E-state index is -3.92. The van der Waals surface area contributed by atoms with Gasteiger partial charge in [0.15, 0.2) is 0 Å². The Hall–Kier alpha value is -0.440. The maximum absolute atomic E-state index is 12.8. The van der Waals surface area contributed by atoms with Crippen molar-refractivity contribution in [1.29, 1.82) is 0 Å². The molecule has 88 valence electrons. The van der Waals surface area contributed by atoms with Crippen LogP contribution in [0.3, 0.4) is 0 Å². The van der Waals surface area contributed by atoms with E-state index in [1.807, 2.05) is 0 Å². The standard InChI is InChI=1S/C7H10F2O5S/c8-7(9,15-14-13-11)6(10)12-5-3-1-2-4-5/h5,11H,1-4H2/p-1. The fourth-order valence-corrected chi connectivity index (χ4v) is 1.55. The topological polar surface area (TPSA) is 67.8 Å². The molecule has 0 radical (unpaired) electrons. The van der Waals surface area contributed by atoms with Gasteiger partial charge in [0.1, 0.15) is 18.1 Å². The van der Waals surface area contributed by atoms with Crippen LogP contribution in [0, 0.1) is 0 Å². The number of halogens is 2. The number of rotatable bonds is 5. The molecule has 0 unspecified atom stereocenters. The zero-order chi connectivity index (χ0) is 11.3. The summed E-state index contributed by atoms with van der Waals surface area (Å²) in [6, 6.07) is 0. The summed E-state index contributed by atoms with van der Waals surface area (Å²) in [5.41, 5.74) is 0. The van der Waals surface area contributed by atoms with Crippen molar-refractivity contribution in [2.45, 2.75) is 37.0 Å². The smallest absolute Gasteiger partial charge is 0.415 e. The van der Waals surface area contributed by atoms with Gasteiger partial charge in [0.25, 0.3) is 0 Å². The van der Waals surface area contributed by atoms with Crippen LogP contribution in [0.2, 0.25) is 0 Å². The Bertz CT molecular complexity index is 219. The quantitative estimate of drug-likeness (QED) is 0.310. The van der Waals surface area contributed by atoms with E-state index in [0.29, 0.717) is 12.8 Å². The van der Waals surface area contributed by atoms with E-state index < -0.39 is 29.4 Å². The number of carbonyl (C=O) groups excluding carboxylic acids is 1. The molecular weight excluding hydrogens is 234 g/mol. The third kappa shape index (κ3) is 3.90. The van der Waals surface area contributed by atoms with Crippen molar-refractivity contribution < 1.29 is 32.9 Å². The third-order valence-electron chi connectivity index (χ3n) is 1.98. The third-order valence-corrected chi connectivity index (χ3v) is 2.48. The van der Waals surface area contributed by atoms with Crippen molar-refractivity contribution in [2.75, 3.05) is 0 Å². The largest absolute Gasteiger partial charge is 0.691 e. The molecule has 1 aliphatic carbocycles. The minimum absolute atomic E-state index is 0.461.